The Balaban J connectivity index is 0.000000166. The Morgan fingerprint density at radius 2 is 0.974 bits per heavy atom. The first-order valence-corrected chi connectivity index (χ1v) is 27.1. The maximum absolute atomic E-state index is 6.33. The van der Waals surface area contributed by atoms with Gasteiger partial charge in [0.2, 0.25) is 23.8 Å². The van der Waals surface area contributed by atoms with E-state index < -0.39 is 0 Å². The zero-order chi connectivity index (χ0) is 56.2. The van der Waals surface area contributed by atoms with Crippen LogP contribution in [0.4, 0.5) is 29.6 Å². The molecule has 0 spiro atoms. The van der Waals surface area contributed by atoms with E-state index in [-0.39, 0.29) is 35.6 Å². The van der Waals surface area contributed by atoms with E-state index in [1.54, 1.807) is 62.7 Å². The molecule has 0 radical (unpaired) electrons. The van der Waals surface area contributed by atoms with E-state index in [0.717, 1.165) is 22.6 Å². The summed E-state index contributed by atoms with van der Waals surface area (Å²) < 4.78 is 25.9. The molecule has 0 atom stereocenters. The number of ether oxygens (including phenoxy) is 5. The van der Waals surface area contributed by atoms with Crippen molar-refractivity contribution in [2.24, 2.45) is 0 Å². The highest BCUT2D eigenvalue weighted by Gasteiger charge is 2.25. The predicted octanol–water partition coefficient (Wildman–Crippen LogP) is 12.4. The fraction of sp³-hybridized carbons (Fsp3) is 0.191. The lowest BCUT2D eigenvalue weighted by atomic mass is 10.0. The Labute approximate surface area is 489 Å². The molecule has 0 bridgehead atoms. The van der Waals surface area contributed by atoms with Crippen molar-refractivity contribution in [2.75, 3.05) is 82.9 Å². The van der Waals surface area contributed by atoms with E-state index in [0.29, 0.717) is 115 Å². The normalized spacial score (nSPS) is 11.1. The number of methoxy groups -OCH3 is 4. The Hall–Kier alpha value is -5.92. The molecule has 0 saturated carbocycles. The third kappa shape index (κ3) is 15.2. The number of aromatic nitrogens is 10. The van der Waals surface area contributed by atoms with Crippen molar-refractivity contribution in [3.05, 3.63) is 100 Å². The number of rotatable bonds is 11. The lowest BCUT2D eigenvalue weighted by Gasteiger charge is -2.12. The summed E-state index contributed by atoms with van der Waals surface area (Å²) in [6, 6.07) is 15.2. The summed E-state index contributed by atoms with van der Waals surface area (Å²) in [4.78, 5) is 40.8. The van der Waals surface area contributed by atoms with E-state index in [2.05, 4.69) is 55.2 Å². The Kier molecular flexibility index (Phi) is 21.6. The molecule has 0 aliphatic carbocycles. The van der Waals surface area contributed by atoms with Crippen molar-refractivity contribution in [3.63, 3.8) is 0 Å². The molecule has 1 aliphatic rings. The molecule has 0 amide bonds. The van der Waals surface area contributed by atoms with Gasteiger partial charge in [-0.3, -0.25) is 0 Å². The van der Waals surface area contributed by atoms with Crippen LogP contribution in [0.25, 0.3) is 45.3 Å². The van der Waals surface area contributed by atoms with E-state index in [1.165, 1.54) is 44.9 Å². The van der Waals surface area contributed by atoms with Crippen molar-refractivity contribution in [2.45, 2.75) is 16.6 Å². The SMILES string of the molecule is CNc1cc(-c2c(Cl)cc(Cl)c3c2CCO3)nc(N)n1.COc1cc(-c2cc(SC)nc(N)n2)c(Cl)cc1Cl.COc1cc(-c2nc(N)nc(SC)n2)c(Cl)cc1Cl.COc1nc(N)nc(-c2cc(OC)c(Cl)cc2Cl)n1. The summed E-state index contributed by atoms with van der Waals surface area (Å²) in [7, 11) is 7.76. The summed E-state index contributed by atoms with van der Waals surface area (Å²) in [6.07, 6.45) is 4.50. The van der Waals surface area contributed by atoms with Crippen molar-refractivity contribution < 1.29 is 23.7 Å². The molecule has 9 N–H and O–H groups in total. The molecule has 0 unspecified atom stereocenters. The Morgan fingerprint density at radius 3 is 1.51 bits per heavy atom. The summed E-state index contributed by atoms with van der Waals surface area (Å²) in [5.74, 6) is 4.01. The number of hydrogen-bond acceptors (Lipinski definition) is 22. The standard InChI is InChI=1S/C13H12Cl2N4O.C12H11Cl2N3OS.C11H10Cl2N4O2.C11H10Cl2N4OS/c1-17-10-5-9(18-13(16)19-10)11-6-2-3-20-12(6)8(15)4-7(11)14;1-18-10-3-6(7(13)4-8(10)14)9-5-11(19-2)17-12(15)16-9;2*1-18-8-3-5(6(12)4-7(8)13)9-15-10(14)17-11(16-9)19-2/h4-5H,2-3H2,1H3,(H3,16,17,18,19);3-5H,1-2H3,(H2,15,16,17);2*3-4H,1-2H3,(H2,14,15,16,17). The van der Waals surface area contributed by atoms with Crippen molar-refractivity contribution in [3.8, 4) is 74.3 Å². The smallest absolute Gasteiger partial charge is 0.321 e. The molecule has 0 saturated heterocycles. The van der Waals surface area contributed by atoms with Crippen LogP contribution in [-0.4, -0.2) is 104 Å². The lowest BCUT2D eigenvalue weighted by Crippen LogP contribution is -2.03. The molecule has 20 nitrogen and oxygen atoms in total. The quantitative estimate of drug-likeness (QED) is 0.0594. The average Bonchev–Trinajstić information content (AvgIpc) is 3.89. The molecule has 5 heterocycles. The first-order chi connectivity index (χ1) is 36.7. The number of thioether (sulfide) groups is 2. The van der Waals surface area contributed by atoms with E-state index in [4.69, 9.17) is 139 Å². The molecule has 77 heavy (non-hydrogen) atoms. The molecular weight excluding hydrogens is 1200 g/mol. The number of nitrogen functional groups attached to an aromatic ring is 4. The van der Waals surface area contributed by atoms with Gasteiger partial charge in [0.25, 0.3) is 0 Å². The van der Waals surface area contributed by atoms with Gasteiger partial charge in [0, 0.05) is 47.4 Å². The van der Waals surface area contributed by atoms with Gasteiger partial charge in [-0.15, -0.1) is 11.8 Å². The van der Waals surface area contributed by atoms with Crippen LogP contribution in [0.15, 0.2) is 64.8 Å². The van der Waals surface area contributed by atoms with Crippen LogP contribution in [0.3, 0.4) is 0 Å². The summed E-state index contributed by atoms with van der Waals surface area (Å²) in [5.41, 5.74) is 27.5. The molecular formula is C47H43Cl8N15O5S2. The van der Waals surface area contributed by atoms with Crippen LogP contribution >= 0.6 is 116 Å². The number of nitrogens with one attached hydrogen (secondary N) is 1. The van der Waals surface area contributed by atoms with Crippen LogP contribution in [0.5, 0.6) is 29.0 Å². The van der Waals surface area contributed by atoms with Crippen LogP contribution in [0.2, 0.25) is 40.2 Å². The van der Waals surface area contributed by atoms with E-state index in [1.807, 2.05) is 18.6 Å². The predicted molar refractivity (Wildman–Crippen MR) is 312 cm³/mol. The minimum absolute atomic E-state index is 0.0341. The Morgan fingerprint density at radius 1 is 0.481 bits per heavy atom. The maximum Gasteiger partial charge on any atom is 0.321 e. The maximum atomic E-state index is 6.33. The first kappa shape index (κ1) is 60.3. The van der Waals surface area contributed by atoms with Gasteiger partial charge >= 0.3 is 6.01 Å². The van der Waals surface area contributed by atoms with Gasteiger partial charge in [0.1, 0.15) is 33.8 Å². The zero-order valence-electron chi connectivity index (χ0n) is 41.3. The fourth-order valence-electron chi connectivity index (χ4n) is 6.75. The second-order valence-corrected chi connectivity index (χ2v) is 19.8. The number of nitrogens with two attached hydrogens (primary N) is 4. The van der Waals surface area contributed by atoms with Crippen molar-refractivity contribution in [1.82, 2.24) is 49.8 Å². The molecule has 9 rings (SSSR count). The van der Waals surface area contributed by atoms with Crippen LogP contribution in [0, 0.1) is 0 Å². The van der Waals surface area contributed by atoms with Crippen LogP contribution < -0.4 is 51.9 Å². The fourth-order valence-corrected chi connectivity index (χ4v) is 9.83. The topological polar surface area (TPSA) is 291 Å². The van der Waals surface area contributed by atoms with Gasteiger partial charge in [-0.1, -0.05) is 105 Å². The summed E-state index contributed by atoms with van der Waals surface area (Å²) in [5, 5.41) is 7.82. The number of benzene rings is 4. The van der Waals surface area contributed by atoms with Gasteiger partial charge in [0.05, 0.1) is 86.6 Å². The number of nitrogens with zero attached hydrogens (tertiary/aromatic N) is 10. The molecule has 4 aromatic carbocycles. The van der Waals surface area contributed by atoms with E-state index >= 15 is 0 Å². The van der Waals surface area contributed by atoms with Crippen LogP contribution in [-0.2, 0) is 6.42 Å². The monoisotopic (exact) mass is 1240 g/mol. The molecule has 404 valence electrons. The first-order valence-electron chi connectivity index (χ1n) is 21.6. The highest BCUT2D eigenvalue weighted by atomic mass is 35.5. The zero-order valence-corrected chi connectivity index (χ0v) is 49.0. The average molecular weight is 1250 g/mol. The number of halogens is 8. The highest BCUT2D eigenvalue weighted by molar-refractivity contribution is 7.98. The molecule has 4 aromatic heterocycles. The summed E-state index contributed by atoms with van der Waals surface area (Å²) in [6.45, 7) is 0.585. The molecule has 0 fully saturated rings. The second kappa shape index (κ2) is 27.6. The molecule has 30 heteroatoms. The lowest BCUT2D eigenvalue weighted by molar-refractivity contribution is 0.357. The van der Waals surface area contributed by atoms with Crippen LogP contribution in [0.1, 0.15) is 5.56 Å². The minimum Gasteiger partial charge on any atom is -0.495 e. The number of fused-ring (bicyclic) bond motifs is 1. The minimum atomic E-state index is 0.0341. The van der Waals surface area contributed by atoms with Gasteiger partial charge in [-0.05, 0) is 61.0 Å². The van der Waals surface area contributed by atoms with E-state index in [9.17, 15) is 0 Å². The molecule has 1 aliphatic heterocycles. The van der Waals surface area contributed by atoms with Gasteiger partial charge < -0.3 is 51.9 Å². The number of anilines is 5. The number of hydrogen-bond donors (Lipinski definition) is 5. The van der Waals surface area contributed by atoms with Gasteiger partial charge in [-0.25, -0.2) is 19.9 Å². The Bertz CT molecular complexity index is 3190. The van der Waals surface area contributed by atoms with Gasteiger partial charge in [0.15, 0.2) is 16.8 Å². The van der Waals surface area contributed by atoms with Crippen molar-refractivity contribution in [1.29, 1.82) is 0 Å². The third-order valence-corrected chi connectivity index (χ3v) is 13.8. The van der Waals surface area contributed by atoms with Gasteiger partial charge in [-0.2, -0.15) is 29.9 Å². The second-order valence-electron chi connectivity index (χ2n) is 14.9. The van der Waals surface area contributed by atoms with Crippen molar-refractivity contribution >= 4 is 146 Å². The highest BCUT2D eigenvalue weighted by Crippen LogP contribution is 2.45. The molecule has 8 aromatic rings. The third-order valence-electron chi connectivity index (χ3n) is 10.2. The largest absolute Gasteiger partial charge is 0.495 e. The summed E-state index contributed by atoms with van der Waals surface area (Å²) >= 11 is 51.8.